The molecule has 2 unspecified atom stereocenters. The summed E-state index contributed by atoms with van der Waals surface area (Å²) < 4.78 is 0. The average molecular weight is 281 g/mol. The Kier molecular flexibility index (Phi) is 4.14. The van der Waals surface area contributed by atoms with Crippen LogP contribution in [0, 0.1) is 20.8 Å². The zero-order chi connectivity index (χ0) is 13.3. The van der Waals surface area contributed by atoms with Crippen LogP contribution in [0.5, 0.6) is 0 Å². The van der Waals surface area contributed by atoms with E-state index in [0.717, 1.165) is 21.4 Å². The minimum absolute atomic E-state index is 0.278. The van der Waals surface area contributed by atoms with Crippen LogP contribution in [-0.4, -0.2) is 9.97 Å². The lowest BCUT2D eigenvalue weighted by Gasteiger charge is -2.17. The van der Waals surface area contributed by atoms with Gasteiger partial charge >= 0.3 is 0 Å². The summed E-state index contributed by atoms with van der Waals surface area (Å²) in [7, 11) is 0. The fourth-order valence-electron chi connectivity index (χ4n) is 2.04. The molecule has 0 saturated carbocycles. The molecule has 2 aromatic rings. The molecule has 0 fully saturated rings. The summed E-state index contributed by atoms with van der Waals surface area (Å²) in [6, 6.07) is 0.593. The van der Waals surface area contributed by atoms with Crippen LogP contribution < -0.4 is 5.32 Å². The van der Waals surface area contributed by atoms with Gasteiger partial charge in [0.2, 0.25) is 0 Å². The van der Waals surface area contributed by atoms with Gasteiger partial charge in [-0.05, 0) is 34.6 Å². The van der Waals surface area contributed by atoms with Gasteiger partial charge in [-0.15, -0.1) is 22.7 Å². The van der Waals surface area contributed by atoms with Crippen molar-refractivity contribution in [3.8, 4) is 0 Å². The van der Waals surface area contributed by atoms with Gasteiger partial charge in [0.05, 0.1) is 16.7 Å². The number of nitrogens with one attached hydrogen (secondary N) is 1. The van der Waals surface area contributed by atoms with Crippen LogP contribution >= 0.6 is 22.7 Å². The first-order valence-electron chi connectivity index (χ1n) is 6.09. The third-order valence-electron chi connectivity index (χ3n) is 2.84. The van der Waals surface area contributed by atoms with Gasteiger partial charge in [0.15, 0.2) is 0 Å². The Morgan fingerprint density at radius 1 is 1.11 bits per heavy atom. The van der Waals surface area contributed by atoms with Crippen LogP contribution in [-0.2, 0) is 0 Å². The molecule has 2 aromatic heterocycles. The van der Waals surface area contributed by atoms with Crippen molar-refractivity contribution in [3.63, 3.8) is 0 Å². The van der Waals surface area contributed by atoms with E-state index in [1.807, 2.05) is 6.92 Å². The van der Waals surface area contributed by atoms with Crippen LogP contribution in [0.2, 0.25) is 0 Å². The van der Waals surface area contributed by atoms with Gasteiger partial charge in [0.25, 0.3) is 0 Å². The molecule has 3 nitrogen and oxygen atoms in total. The van der Waals surface area contributed by atoms with Gasteiger partial charge < -0.3 is 5.32 Å². The Balaban J connectivity index is 2.07. The van der Waals surface area contributed by atoms with E-state index in [1.54, 1.807) is 22.7 Å². The second-order valence-electron chi connectivity index (χ2n) is 4.62. The molecule has 0 bridgehead atoms. The Hall–Kier alpha value is -0.780. The predicted octanol–water partition coefficient (Wildman–Crippen LogP) is 3.94. The molecule has 2 rings (SSSR count). The summed E-state index contributed by atoms with van der Waals surface area (Å²) in [6.07, 6.45) is 0. The Bertz CT molecular complexity index is 530. The quantitative estimate of drug-likeness (QED) is 0.922. The lowest BCUT2D eigenvalue weighted by atomic mass is 10.2. The van der Waals surface area contributed by atoms with E-state index >= 15 is 0 Å². The van der Waals surface area contributed by atoms with Crippen molar-refractivity contribution in [1.82, 2.24) is 15.3 Å². The molecular formula is C13H19N3S2. The van der Waals surface area contributed by atoms with Crippen molar-refractivity contribution in [2.24, 2.45) is 0 Å². The van der Waals surface area contributed by atoms with E-state index in [-0.39, 0.29) is 6.04 Å². The zero-order valence-electron chi connectivity index (χ0n) is 11.4. The lowest BCUT2D eigenvalue weighted by Crippen LogP contribution is -2.22. The van der Waals surface area contributed by atoms with Crippen LogP contribution in [0.3, 0.4) is 0 Å². The van der Waals surface area contributed by atoms with Crippen molar-refractivity contribution in [2.45, 2.75) is 46.7 Å². The van der Waals surface area contributed by atoms with E-state index in [9.17, 15) is 0 Å². The molecule has 18 heavy (non-hydrogen) atoms. The lowest BCUT2D eigenvalue weighted by molar-refractivity contribution is 0.496. The van der Waals surface area contributed by atoms with E-state index in [4.69, 9.17) is 0 Å². The number of thiazole rings is 2. The zero-order valence-corrected chi connectivity index (χ0v) is 13.1. The smallest absolute Gasteiger partial charge is 0.110 e. The molecule has 1 N–H and O–H groups in total. The monoisotopic (exact) mass is 281 g/mol. The normalized spacial score (nSPS) is 14.7. The van der Waals surface area contributed by atoms with Crippen molar-refractivity contribution >= 4 is 22.7 Å². The largest absolute Gasteiger partial charge is 0.301 e. The Morgan fingerprint density at radius 3 is 2.33 bits per heavy atom. The number of nitrogens with zero attached hydrogens (tertiary/aromatic N) is 2. The number of hydrogen-bond acceptors (Lipinski definition) is 5. The molecule has 5 heteroatoms. The van der Waals surface area contributed by atoms with Crippen molar-refractivity contribution in [2.75, 3.05) is 0 Å². The summed E-state index contributed by atoms with van der Waals surface area (Å²) in [5.41, 5.74) is 2.24. The predicted molar refractivity (Wildman–Crippen MR) is 78.4 cm³/mol. The highest BCUT2D eigenvalue weighted by atomic mass is 32.1. The molecule has 2 heterocycles. The minimum Gasteiger partial charge on any atom is -0.301 e. The van der Waals surface area contributed by atoms with Crippen molar-refractivity contribution in [3.05, 3.63) is 31.7 Å². The highest BCUT2D eigenvalue weighted by Gasteiger charge is 2.17. The number of hydrogen-bond donors (Lipinski definition) is 1. The highest BCUT2D eigenvalue weighted by molar-refractivity contribution is 7.11. The van der Waals surface area contributed by atoms with Crippen molar-refractivity contribution in [1.29, 1.82) is 0 Å². The van der Waals surface area contributed by atoms with Crippen LogP contribution in [0.4, 0.5) is 0 Å². The summed E-state index contributed by atoms with van der Waals surface area (Å²) in [5.74, 6) is 0. The summed E-state index contributed by atoms with van der Waals surface area (Å²) in [4.78, 5) is 10.3. The molecule has 0 aliphatic heterocycles. The molecule has 0 saturated heterocycles. The Morgan fingerprint density at radius 2 is 1.83 bits per heavy atom. The molecule has 0 aromatic carbocycles. The number of aryl methyl sites for hydroxylation is 3. The molecule has 0 radical (unpaired) electrons. The van der Waals surface area contributed by atoms with Crippen LogP contribution in [0.15, 0.2) is 5.38 Å². The average Bonchev–Trinajstić information content (AvgIpc) is 2.84. The maximum Gasteiger partial charge on any atom is 0.110 e. The SMILES string of the molecule is Cc1csc(C(C)NC(C)c2sc(C)nc2C)n1. The van der Waals surface area contributed by atoms with Crippen molar-refractivity contribution < 1.29 is 0 Å². The molecule has 0 amide bonds. The van der Waals surface area contributed by atoms with E-state index in [2.05, 4.69) is 48.4 Å². The van der Waals surface area contributed by atoms with Crippen LogP contribution in [0.1, 0.15) is 52.2 Å². The third kappa shape index (κ3) is 2.96. The molecule has 0 aliphatic rings. The van der Waals surface area contributed by atoms with E-state index in [1.165, 1.54) is 4.88 Å². The Labute approximate surface area is 116 Å². The van der Waals surface area contributed by atoms with Gasteiger partial charge in [0.1, 0.15) is 5.01 Å². The van der Waals surface area contributed by atoms with E-state index in [0.29, 0.717) is 6.04 Å². The van der Waals surface area contributed by atoms with Gasteiger partial charge in [-0.25, -0.2) is 9.97 Å². The second-order valence-corrected chi connectivity index (χ2v) is 6.74. The first-order chi connectivity index (χ1) is 8.47. The van der Waals surface area contributed by atoms with Gasteiger partial charge in [0, 0.05) is 22.0 Å². The molecule has 2 atom stereocenters. The second kappa shape index (κ2) is 5.47. The molecule has 98 valence electrons. The number of aromatic nitrogens is 2. The third-order valence-corrected chi connectivity index (χ3v) is 5.24. The maximum absolute atomic E-state index is 4.53. The highest BCUT2D eigenvalue weighted by Crippen LogP contribution is 2.27. The van der Waals surface area contributed by atoms with E-state index < -0.39 is 0 Å². The standard InChI is InChI=1S/C13H19N3S2/c1-7-6-17-13(14-7)10(4)15-8(2)12-9(3)16-11(5)18-12/h6,8,10,15H,1-5H3. The fraction of sp³-hybridized carbons (Fsp3) is 0.538. The van der Waals surface area contributed by atoms with Gasteiger partial charge in [-0.1, -0.05) is 0 Å². The topological polar surface area (TPSA) is 37.8 Å². The molecule has 0 spiro atoms. The number of rotatable bonds is 4. The molecule has 0 aliphatic carbocycles. The summed E-state index contributed by atoms with van der Waals surface area (Å²) in [6.45, 7) is 10.5. The van der Waals surface area contributed by atoms with Gasteiger partial charge in [-0.3, -0.25) is 0 Å². The first kappa shape index (κ1) is 13.6. The minimum atomic E-state index is 0.278. The first-order valence-corrected chi connectivity index (χ1v) is 7.79. The summed E-state index contributed by atoms with van der Waals surface area (Å²) in [5, 5.41) is 7.98. The maximum atomic E-state index is 4.53. The van der Waals surface area contributed by atoms with Crippen LogP contribution in [0.25, 0.3) is 0 Å². The summed E-state index contributed by atoms with van der Waals surface area (Å²) >= 11 is 3.49. The molecular weight excluding hydrogens is 262 g/mol. The fourth-order valence-corrected chi connectivity index (χ4v) is 3.79. The van der Waals surface area contributed by atoms with Gasteiger partial charge in [-0.2, -0.15) is 0 Å².